The first-order chi connectivity index (χ1) is 16.5. The monoisotopic (exact) mass is 521 g/mol. The molecule has 0 radical (unpaired) electrons. The summed E-state index contributed by atoms with van der Waals surface area (Å²) in [6, 6.07) is 9.06. The molecule has 2 heterocycles. The van der Waals surface area contributed by atoms with Crippen LogP contribution in [0.3, 0.4) is 0 Å². The third-order valence-corrected chi connectivity index (χ3v) is 7.68. The van der Waals surface area contributed by atoms with Gasteiger partial charge in [0.1, 0.15) is 11.6 Å². The SMILES string of the molecule is Cn1c(CN2CCOCC2)nnc1-c1cc(Cl)c(F)cc1NS(=O)(=O)c1ccc(C(C)(C)C)cc1. The van der Waals surface area contributed by atoms with Crippen molar-refractivity contribution in [2.45, 2.75) is 37.6 Å². The second-order valence-corrected chi connectivity index (χ2v) is 11.7. The van der Waals surface area contributed by atoms with Gasteiger partial charge in [0, 0.05) is 31.8 Å². The number of hydrogen-bond donors (Lipinski definition) is 1. The maximum Gasteiger partial charge on any atom is 0.261 e. The van der Waals surface area contributed by atoms with Gasteiger partial charge in [-0.25, -0.2) is 12.8 Å². The van der Waals surface area contributed by atoms with Crippen LogP contribution >= 0.6 is 11.6 Å². The van der Waals surface area contributed by atoms with Crippen LogP contribution in [-0.4, -0.2) is 54.4 Å². The number of benzene rings is 2. The predicted molar refractivity (Wildman–Crippen MR) is 133 cm³/mol. The maximum absolute atomic E-state index is 14.4. The summed E-state index contributed by atoms with van der Waals surface area (Å²) < 4.78 is 50.4. The highest BCUT2D eigenvalue weighted by molar-refractivity contribution is 7.92. The van der Waals surface area contributed by atoms with Crippen LogP contribution in [-0.2, 0) is 33.8 Å². The van der Waals surface area contributed by atoms with Crippen LogP contribution in [0.25, 0.3) is 11.4 Å². The lowest BCUT2D eigenvalue weighted by atomic mass is 9.87. The molecule has 1 aliphatic rings. The van der Waals surface area contributed by atoms with Crippen molar-refractivity contribution in [3.05, 3.63) is 58.6 Å². The number of nitrogens with zero attached hydrogens (tertiary/aromatic N) is 4. The van der Waals surface area contributed by atoms with Crippen LogP contribution in [0.4, 0.5) is 10.1 Å². The zero-order valence-corrected chi connectivity index (χ0v) is 21.7. The molecule has 0 aliphatic carbocycles. The molecule has 1 fully saturated rings. The van der Waals surface area contributed by atoms with Crippen molar-refractivity contribution < 1.29 is 17.5 Å². The summed E-state index contributed by atoms with van der Waals surface area (Å²) in [6.45, 7) is 9.57. The fourth-order valence-corrected chi connectivity index (χ4v) is 5.08. The van der Waals surface area contributed by atoms with Crippen LogP contribution < -0.4 is 4.72 Å². The Balaban J connectivity index is 1.67. The van der Waals surface area contributed by atoms with E-state index in [4.69, 9.17) is 16.3 Å². The van der Waals surface area contributed by atoms with E-state index in [1.807, 2.05) is 20.8 Å². The molecule has 1 saturated heterocycles. The normalized spacial score (nSPS) is 15.4. The fourth-order valence-electron chi connectivity index (χ4n) is 3.85. The van der Waals surface area contributed by atoms with E-state index in [2.05, 4.69) is 19.8 Å². The number of morpholine rings is 1. The molecule has 0 saturated carbocycles. The fraction of sp³-hybridized carbons (Fsp3) is 0.417. The van der Waals surface area contributed by atoms with E-state index in [0.717, 1.165) is 24.7 Å². The quantitative estimate of drug-likeness (QED) is 0.523. The van der Waals surface area contributed by atoms with E-state index in [1.54, 1.807) is 23.7 Å². The van der Waals surface area contributed by atoms with Crippen molar-refractivity contribution >= 4 is 27.3 Å². The van der Waals surface area contributed by atoms with Gasteiger partial charge in [0.15, 0.2) is 5.82 Å². The average Bonchev–Trinajstić information content (AvgIpc) is 3.16. The number of ether oxygens (including phenoxy) is 1. The van der Waals surface area contributed by atoms with Crippen molar-refractivity contribution in [1.29, 1.82) is 0 Å². The van der Waals surface area contributed by atoms with Gasteiger partial charge in [-0.1, -0.05) is 44.5 Å². The van der Waals surface area contributed by atoms with Crippen molar-refractivity contribution in [3.63, 3.8) is 0 Å². The maximum atomic E-state index is 14.4. The largest absolute Gasteiger partial charge is 0.379 e. The van der Waals surface area contributed by atoms with Crippen LogP contribution in [0, 0.1) is 5.82 Å². The van der Waals surface area contributed by atoms with E-state index in [0.29, 0.717) is 37.0 Å². The summed E-state index contributed by atoms with van der Waals surface area (Å²) in [5.41, 5.74) is 1.24. The number of sulfonamides is 1. The molecule has 35 heavy (non-hydrogen) atoms. The third-order valence-electron chi connectivity index (χ3n) is 6.01. The van der Waals surface area contributed by atoms with E-state index in [9.17, 15) is 12.8 Å². The summed E-state index contributed by atoms with van der Waals surface area (Å²) in [5, 5.41) is 8.40. The standard InChI is InChI=1S/C24H29ClFN5O3S/c1-24(2,3)16-5-7-17(8-6-16)35(32,33)29-21-14-20(26)19(25)13-18(21)23-28-27-22(30(23)4)15-31-9-11-34-12-10-31/h5-8,13-14,29H,9-12,15H2,1-4H3. The van der Waals surface area contributed by atoms with Gasteiger partial charge < -0.3 is 9.30 Å². The van der Waals surface area contributed by atoms with Gasteiger partial charge in [0.25, 0.3) is 10.0 Å². The van der Waals surface area contributed by atoms with E-state index in [1.165, 1.54) is 18.2 Å². The molecular formula is C24H29ClFN5O3S. The molecule has 188 valence electrons. The Labute approximate surface area is 210 Å². The summed E-state index contributed by atoms with van der Waals surface area (Å²) in [4.78, 5) is 2.26. The van der Waals surface area contributed by atoms with E-state index < -0.39 is 15.8 Å². The topological polar surface area (TPSA) is 89.3 Å². The first-order valence-electron chi connectivity index (χ1n) is 11.3. The molecule has 1 aliphatic heterocycles. The summed E-state index contributed by atoms with van der Waals surface area (Å²) in [6.07, 6.45) is 0. The Morgan fingerprint density at radius 1 is 1.11 bits per heavy atom. The third kappa shape index (κ3) is 5.66. The van der Waals surface area contributed by atoms with Crippen molar-refractivity contribution in [2.24, 2.45) is 7.05 Å². The van der Waals surface area contributed by atoms with Gasteiger partial charge >= 0.3 is 0 Å². The molecule has 11 heteroatoms. The Hall–Kier alpha value is -2.53. The zero-order valence-electron chi connectivity index (χ0n) is 20.2. The molecule has 2 aromatic carbocycles. The molecule has 0 spiro atoms. The lowest BCUT2D eigenvalue weighted by Crippen LogP contribution is -2.36. The number of nitrogens with one attached hydrogen (secondary N) is 1. The first-order valence-corrected chi connectivity index (χ1v) is 13.1. The highest BCUT2D eigenvalue weighted by atomic mass is 35.5. The zero-order chi connectivity index (χ0) is 25.4. The number of anilines is 1. The molecule has 0 atom stereocenters. The Morgan fingerprint density at radius 3 is 2.40 bits per heavy atom. The Morgan fingerprint density at radius 2 is 1.77 bits per heavy atom. The molecular weight excluding hydrogens is 493 g/mol. The Kier molecular flexibility index (Phi) is 7.19. The van der Waals surface area contributed by atoms with Gasteiger partial charge in [-0.3, -0.25) is 9.62 Å². The van der Waals surface area contributed by atoms with Crippen LogP contribution in [0.15, 0.2) is 41.3 Å². The lowest BCUT2D eigenvalue weighted by molar-refractivity contribution is 0.0326. The van der Waals surface area contributed by atoms with Gasteiger partial charge in [0.05, 0.1) is 35.4 Å². The summed E-state index contributed by atoms with van der Waals surface area (Å²) in [5.74, 6) is 0.316. The van der Waals surface area contributed by atoms with Crippen LogP contribution in [0.2, 0.25) is 5.02 Å². The van der Waals surface area contributed by atoms with Gasteiger partial charge in [0.2, 0.25) is 0 Å². The minimum atomic E-state index is -4.00. The molecule has 0 bridgehead atoms. The number of aromatic nitrogens is 3. The lowest BCUT2D eigenvalue weighted by Gasteiger charge is -2.25. The van der Waals surface area contributed by atoms with Crippen molar-refractivity contribution in [1.82, 2.24) is 19.7 Å². The van der Waals surface area contributed by atoms with Gasteiger partial charge in [-0.05, 0) is 29.2 Å². The van der Waals surface area contributed by atoms with E-state index in [-0.39, 0.29) is 21.0 Å². The second-order valence-electron chi connectivity index (χ2n) is 9.58. The highest BCUT2D eigenvalue weighted by Crippen LogP contribution is 2.34. The first kappa shape index (κ1) is 25.6. The molecule has 4 rings (SSSR count). The predicted octanol–water partition coefficient (Wildman–Crippen LogP) is 4.21. The average molecular weight is 522 g/mol. The van der Waals surface area contributed by atoms with Crippen LogP contribution in [0.1, 0.15) is 32.2 Å². The Bertz CT molecular complexity index is 1310. The van der Waals surface area contributed by atoms with Crippen LogP contribution in [0.5, 0.6) is 0 Å². The molecule has 3 aromatic rings. The second kappa shape index (κ2) is 9.85. The number of hydrogen-bond acceptors (Lipinski definition) is 6. The van der Waals surface area contributed by atoms with Crippen molar-refractivity contribution in [2.75, 3.05) is 31.0 Å². The smallest absolute Gasteiger partial charge is 0.261 e. The highest BCUT2D eigenvalue weighted by Gasteiger charge is 2.23. The van der Waals surface area contributed by atoms with Crippen molar-refractivity contribution in [3.8, 4) is 11.4 Å². The molecule has 0 amide bonds. The molecule has 8 nitrogen and oxygen atoms in total. The molecule has 1 aromatic heterocycles. The van der Waals surface area contributed by atoms with Gasteiger partial charge in [-0.15, -0.1) is 10.2 Å². The minimum Gasteiger partial charge on any atom is -0.379 e. The number of rotatable bonds is 6. The molecule has 1 N–H and O–H groups in total. The summed E-state index contributed by atoms with van der Waals surface area (Å²) >= 11 is 6.07. The van der Waals surface area contributed by atoms with Gasteiger partial charge in [-0.2, -0.15) is 0 Å². The summed E-state index contributed by atoms with van der Waals surface area (Å²) in [7, 11) is -2.22. The number of halogens is 2. The molecule has 0 unspecified atom stereocenters. The minimum absolute atomic E-state index is 0.0280. The van der Waals surface area contributed by atoms with E-state index >= 15 is 0 Å².